The van der Waals surface area contributed by atoms with Gasteiger partial charge in [-0.2, -0.15) is 5.26 Å². The van der Waals surface area contributed by atoms with E-state index in [9.17, 15) is 0 Å². The van der Waals surface area contributed by atoms with Gasteiger partial charge in [0.05, 0.1) is 12.7 Å². The van der Waals surface area contributed by atoms with E-state index >= 15 is 0 Å². The third-order valence-electron chi connectivity index (χ3n) is 1.50. The van der Waals surface area contributed by atoms with Gasteiger partial charge in [-0.1, -0.05) is 13.5 Å². The zero-order valence-corrected chi connectivity index (χ0v) is 6.55. The minimum Gasteiger partial charge on any atom is -0.384 e. The molecular weight excluding hydrogens is 126 g/mol. The molecule has 0 amide bonds. The summed E-state index contributed by atoms with van der Waals surface area (Å²) in [7, 11) is 1.63. The molecule has 0 spiro atoms. The molecule has 1 unspecified atom stereocenters. The molecule has 0 bridgehead atoms. The van der Waals surface area contributed by atoms with Crippen molar-refractivity contribution >= 4 is 0 Å². The lowest BCUT2D eigenvalue weighted by Crippen LogP contribution is -2.07. The van der Waals surface area contributed by atoms with E-state index < -0.39 is 0 Å². The van der Waals surface area contributed by atoms with Crippen molar-refractivity contribution in [1.82, 2.24) is 0 Å². The molecule has 0 N–H and O–H groups in total. The molecule has 0 rings (SSSR count). The molecule has 0 aromatic carbocycles. The van der Waals surface area contributed by atoms with E-state index in [1.807, 2.05) is 13.0 Å². The van der Waals surface area contributed by atoms with Crippen LogP contribution in [0.1, 0.15) is 13.3 Å². The van der Waals surface area contributed by atoms with Gasteiger partial charge in [0.25, 0.3) is 0 Å². The number of hydrogen-bond donors (Lipinski definition) is 0. The molecule has 10 heavy (non-hydrogen) atoms. The Morgan fingerprint density at radius 2 is 2.40 bits per heavy atom. The summed E-state index contributed by atoms with van der Waals surface area (Å²) < 4.78 is 4.91. The van der Waals surface area contributed by atoms with Crippen LogP contribution in [0.2, 0.25) is 0 Å². The van der Waals surface area contributed by atoms with Crippen molar-refractivity contribution < 1.29 is 4.74 Å². The Hall–Kier alpha value is -0.810. The summed E-state index contributed by atoms with van der Waals surface area (Å²) in [5.74, 6) is 0.204. The first-order valence-corrected chi connectivity index (χ1v) is 3.34. The first-order valence-electron chi connectivity index (χ1n) is 3.34. The van der Waals surface area contributed by atoms with E-state index in [2.05, 4.69) is 6.58 Å². The molecule has 0 fully saturated rings. The fourth-order valence-corrected chi connectivity index (χ4v) is 0.757. The third-order valence-corrected chi connectivity index (χ3v) is 1.50. The van der Waals surface area contributed by atoms with Crippen LogP contribution in [0.4, 0.5) is 0 Å². The van der Waals surface area contributed by atoms with Gasteiger partial charge in [0.1, 0.15) is 0 Å². The Balaban J connectivity index is 3.83. The zero-order valence-electron chi connectivity index (χ0n) is 6.55. The fraction of sp³-hybridized carbons (Fsp3) is 0.625. The second-order valence-electron chi connectivity index (χ2n) is 2.20. The summed E-state index contributed by atoms with van der Waals surface area (Å²) in [5, 5.41) is 8.46. The van der Waals surface area contributed by atoms with E-state index in [1.54, 1.807) is 7.11 Å². The van der Waals surface area contributed by atoms with Gasteiger partial charge in [-0.05, 0) is 6.42 Å². The van der Waals surface area contributed by atoms with Gasteiger partial charge in [-0.3, -0.25) is 0 Å². The van der Waals surface area contributed by atoms with Crippen molar-refractivity contribution in [2.45, 2.75) is 13.3 Å². The normalized spacial score (nSPS) is 12.1. The van der Waals surface area contributed by atoms with Crippen LogP contribution < -0.4 is 0 Å². The quantitative estimate of drug-likeness (QED) is 0.556. The Morgan fingerprint density at radius 1 is 1.80 bits per heavy atom. The first kappa shape index (κ1) is 9.19. The highest BCUT2D eigenvalue weighted by Crippen LogP contribution is 2.11. The highest BCUT2D eigenvalue weighted by molar-refractivity contribution is 5.19. The first-order chi connectivity index (χ1) is 4.76. The van der Waals surface area contributed by atoms with E-state index in [0.29, 0.717) is 12.2 Å². The lowest BCUT2D eigenvalue weighted by Gasteiger charge is -2.09. The molecular formula is C8H13NO. The van der Waals surface area contributed by atoms with Crippen molar-refractivity contribution in [2.24, 2.45) is 5.92 Å². The molecule has 2 heteroatoms. The van der Waals surface area contributed by atoms with Crippen LogP contribution in [0.15, 0.2) is 12.2 Å². The Kier molecular flexibility index (Phi) is 4.61. The third kappa shape index (κ3) is 2.65. The van der Waals surface area contributed by atoms with Gasteiger partial charge >= 0.3 is 0 Å². The van der Waals surface area contributed by atoms with E-state index in [1.165, 1.54) is 0 Å². The van der Waals surface area contributed by atoms with Gasteiger partial charge in [0.2, 0.25) is 0 Å². The van der Waals surface area contributed by atoms with Gasteiger partial charge in [0, 0.05) is 18.6 Å². The summed E-state index contributed by atoms with van der Waals surface area (Å²) in [6, 6.07) is 2.03. The minimum atomic E-state index is 0.204. The van der Waals surface area contributed by atoms with Gasteiger partial charge in [-0.15, -0.1) is 0 Å². The van der Waals surface area contributed by atoms with Crippen molar-refractivity contribution in [3.8, 4) is 6.07 Å². The maximum atomic E-state index is 8.46. The summed E-state index contributed by atoms with van der Waals surface area (Å²) in [5.41, 5.74) is 0.615. The topological polar surface area (TPSA) is 33.0 Å². The van der Waals surface area contributed by atoms with Crippen molar-refractivity contribution in [2.75, 3.05) is 13.7 Å². The average Bonchev–Trinajstić information content (AvgIpc) is 1.99. The Labute approximate surface area is 62.1 Å². The zero-order chi connectivity index (χ0) is 7.98. The lowest BCUT2D eigenvalue weighted by atomic mass is 10.0. The molecule has 0 aromatic rings. The molecule has 56 valence electrons. The number of ether oxygens (including phenoxy) is 1. The molecule has 0 saturated heterocycles. The number of nitriles is 1. The standard InChI is InChI=1S/C8H13NO/c1-4-8(6-10-3)7(2)5-9/h8H,2,4,6H2,1,3H3. The molecule has 0 heterocycles. The van der Waals surface area contributed by atoms with E-state index in [-0.39, 0.29) is 5.92 Å². The number of rotatable bonds is 4. The maximum absolute atomic E-state index is 8.46. The summed E-state index contributed by atoms with van der Waals surface area (Å²) in [6.45, 7) is 6.24. The molecule has 0 saturated carbocycles. The van der Waals surface area contributed by atoms with Gasteiger partial charge in [0.15, 0.2) is 0 Å². The molecule has 0 aromatic heterocycles. The molecule has 0 aliphatic heterocycles. The lowest BCUT2D eigenvalue weighted by molar-refractivity contribution is 0.166. The van der Waals surface area contributed by atoms with E-state index in [4.69, 9.17) is 10.00 Å². The molecule has 2 nitrogen and oxygen atoms in total. The Morgan fingerprint density at radius 3 is 2.70 bits per heavy atom. The predicted octanol–water partition coefficient (Wildman–Crippen LogP) is 1.74. The van der Waals surface area contributed by atoms with Gasteiger partial charge < -0.3 is 4.74 Å². The van der Waals surface area contributed by atoms with Crippen molar-refractivity contribution in [3.63, 3.8) is 0 Å². The van der Waals surface area contributed by atoms with Crippen LogP contribution in [-0.4, -0.2) is 13.7 Å². The minimum absolute atomic E-state index is 0.204. The second kappa shape index (κ2) is 5.01. The number of nitrogens with zero attached hydrogens (tertiary/aromatic N) is 1. The smallest absolute Gasteiger partial charge is 0.0944 e. The van der Waals surface area contributed by atoms with Gasteiger partial charge in [-0.25, -0.2) is 0 Å². The van der Waals surface area contributed by atoms with Crippen LogP contribution in [-0.2, 0) is 4.74 Å². The maximum Gasteiger partial charge on any atom is 0.0944 e. The average molecular weight is 139 g/mol. The van der Waals surface area contributed by atoms with Crippen molar-refractivity contribution in [3.05, 3.63) is 12.2 Å². The SMILES string of the molecule is C=C(C#N)C(CC)COC. The molecule has 0 radical (unpaired) electrons. The second-order valence-corrected chi connectivity index (χ2v) is 2.20. The summed E-state index contributed by atoms with van der Waals surface area (Å²) in [4.78, 5) is 0. The largest absolute Gasteiger partial charge is 0.384 e. The van der Waals surface area contributed by atoms with Crippen LogP contribution in [0, 0.1) is 17.2 Å². The van der Waals surface area contributed by atoms with Crippen molar-refractivity contribution in [1.29, 1.82) is 5.26 Å². The molecule has 0 aliphatic carbocycles. The Bertz CT molecular complexity index is 146. The highest BCUT2D eigenvalue weighted by atomic mass is 16.5. The molecule has 0 aliphatic rings. The van der Waals surface area contributed by atoms with E-state index in [0.717, 1.165) is 6.42 Å². The fourth-order valence-electron chi connectivity index (χ4n) is 0.757. The molecule has 1 atom stereocenters. The predicted molar refractivity (Wildman–Crippen MR) is 40.4 cm³/mol. The number of methoxy groups -OCH3 is 1. The van der Waals surface area contributed by atoms with Crippen LogP contribution in [0.5, 0.6) is 0 Å². The highest BCUT2D eigenvalue weighted by Gasteiger charge is 2.08. The van der Waals surface area contributed by atoms with Crippen LogP contribution in [0.3, 0.4) is 0 Å². The number of hydrogen-bond acceptors (Lipinski definition) is 2. The van der Waals surface area contributed by atoms with Crippen LogP contribution >= 0.6 is 0 Å². The van der Waals surface area contributed by atoms with Crippen LogP contribution in [0.25, 0.3) is 0 Å². The summed E-state index contributed by atoms with van der Waals surface area (Å²) in [6.07, 6.45) is 0.917. The summed E-state index contributed by atoms with van der Waals surface area (Å²) >= 11 is 0. The monoisotopic (exact) mass is 139 g/mol.